The second-order valence-electron chi connectivity index (χ2n) is 4.93. The van der Waals surface area contributed by atoms with Gasteiger partial charge in [-0.05, 0) is 18.2 Å². The number of nitrogens with zero attached hydrogens (tertiary/aromatic N) is 3. The highest BCUT2D eigenvalue weighted by atomic mass is 16.3. The molecule has 22 heavy (non-hydrogen) atoms. The van der Waals surface area contributed by atoms with E-state index in [1.165, 1.54) is 10.6 Å². The molecule has 0 aliphatic heterocycles. The van der Waals surface area contributed by atoms with Gasteiger partial charge in [0.1, 0.15) is 0 Å². The molecule has 0 amide bonds. The van der Waals surface area contributed by atoms with Crippen molar-refractivity contribution in [3.8, 4) is 17.0 Å². The summed E-state index contributed by atoms with van der Waals surface area (Å²) in [5, 5.41) is 17.0. The van der Waals surface area contributed by atoms with Gasteiger partial charge in [-0.3, -0.25) is 4.79 Å². The normalized spacial score (nSPS) is 11.1. The topological polar surface area (TPSA) is 70.3 Å². The van der Waals surface area contributed by atoms with Crippen molar-refractivity contribution in [2.24, 2.45) is 0 Å². The van der Waals surface area contributed by atoms with E-state index in [9.17, 15) is 9.90 Å². The summed E-state index contributed by atoms with van der Waals surface area (Å²) in [6.45, 7) is 0. The SMILES string of the molecule is O=c1c2ccccc2nc2cc([O-])c(-c3ccccc3)nn12. The van der Waals surface area contributed by atoms with Gasteiger partial charge in [0.25, 0.3) is 5.56 Å². The lowest BCUT2D eigenvalue weighted by Crippen LogP contribution is -2.19. The summed E-state index contributed by atoms with van der Waals surface area (Å²) in [6.07, 6.45) is 0. The van der Waals surface area contributed by atoms with E-state index in [2.05, 4.69) is 10.1 Å². The first-order valence-corrected chi connectivity index (χ1v) is 6.79. The minimum Gasteiger partial charge on any atom is -0.871 e. The van der Waals surface area contributed by atoms with Gasteiger partial charge in [0.2, 0.25) is 0 Å². The maximum atomic E-state index is 12.5. The van der Waals surface area contributed by atoms with Gasteiger partial charge in [0, 0.05) is 5.56 Å². The van der Waals surface area contributed by atoms with Crippen LogP contribution in [0.25, 0.3) is 27.8 Å². The summed E-state index contributed by atoms with van der Waals surface area (Å²) in [5.74, 6) is -0.256. The molecule has 0 bridgehead atoms. The fraction of sp³-hybridized carbons (Fsp3) is 0. The van der Waals surface area contributed by atoms with Crippen molar-refractivity contribution in [3.05, 3.63) is 71.0 Å². The Labute approximate surface area is 125 Å². The van der Waals surface area contributed by atoms with Crippen molar-refractivity contribution in [1.82, 2.24) is 14.6 Å². The zero-order valence-electron chi connectivity index (χ0n) is 11.4. The van der Waals surface area contributed by atoms with Gasteiger partial charge in [0.05, 0.1) is 16.6 Å². The van der Waals surface area contributed by atoms with Crippen molar-refractivity contribution >= 4 is 16.6 Å². The number of rotatable bonds is 1. The zero-order valence-corrected chi connectivity index (χ0v) is 11.4. The minimum atomic E-state index is -0.280. The Bertz CT molecular complexity index is 1060. The molecule has 0 spiro atoms. The van der Waals surface area contributed by atoms with Crippen LogP contribution in [0.3, 0.4) is 0 Å². The molecule has 0 saturated carbocycles. The van der Waals surface area contributed by atoms with Gasteiger partial charge < -0.3 is 5.11 Å². The highest BCUT2D eigenvalue weighted by Gasteiger charge is 2.08. The molecule has 106 valence electrons. The van der Waals surface area contributed by atoms with Crippen LogP contribution in [0.1, 0.15) is 0 Å². The molecule has 2 aromatic heterocycles. The Hall–Kier alpha value is -3.21. The lowest BCUT2D eigenvalue weighted by Gasteiger charge is -2.14. The summed E-state index contributed by atoms with van der Waals surface area (Å²) >= 11 is 0. The molecule has 0 aliphatic rings. The lowest BCUT2D eigenvalue weighted by molar-refractivity contribution is -0.267. The van der Waals surface area contributed by atoms with Gasteiger partial charge in [-0.1, -0.05) is 48.2 Å². The third kappa shape index (κ3) is 1.83. The molecule has 4 rings (SSSR count). The van der Waals surface area contributed by atoms with Gasteiger partial charge in [-0.15, -0.1) is 0 Å². The Morgan fingerprint density at radius 1 is 0.955 bits per heavy atom. The quantitative estimate of drug-likeness (QED) is 0.502. The van der Waals surface area contributed by atoms with Crippen molar-refractivity contribution in [1.29, 1.82) is 0 Å². The molecule has 0 aliphatic carbocycles. The Morgan fingerprint density at radius 3 is 2.50 bits per heavy atom. The third-order valence-electron chi connectivity index (χ3n) is 3.52. The second-order valence-corrected chi connectivity index (χ2v) is 4.93. The molecule has 5 nitrogen and oxygen atoms in total. The Morgan fingerprint density at radius 2 is 1.68 bits per heavy atom. The van der Waals surface area contributed by atoms with Gasteiger partial charge in [0.15, 0.2) is 5.65 Å². The van der Waals surface area contributed by atoms with Crippen LogP contribution in [0.4, 0.5) is 0 Å². The lowest BCUT2D eigenvalue weighted by atomic mass is 10.1. The third-order valence-corrected chi connectivity index (χ3v) is 3.52. The van der Waals surface area contributed by atoms with Gasteiger partial charge in [-0.2, -0.15) is 9.61 Å². The van der Waals surface area contributed by atoms with E-state index in [0.29, 0.717) is 16.5 Å². The smallest absolute Gasteiger partial charge is 0.282 e. The van der Waals surface area contributed by atoms with E-state index in [0.717, 1.165) is 0 Å². The van der Waals surface area contributed by atoms with E-state index in [1.54, 1.807) is 36.4 Å². The van der Waals surface area contributed by atoms with Gasteiger partial charge >= 0.3 is 0 Å². The standard InChI is InChI=1S/C17H11N3O2/c21-14-10-15-18-13-9-5-4-8-12(13)17(22)20(15)19-16(14)11-6-2-1-3-7-11/h1-10,21H/p-1. The average molecular weight is 288 g/mol. The molecule has 0 N–H and O–H groups in total. The van der Waals surface area contributed by atoms with E-state index >= 15 is 0 Å². The molecule has 0 unspecified atom stereocenters. The summed E-state index contributed by atoms with van der Waals surface area (Å²) in [7, 11) is 0. The van der Waals surface area contributed by atoms with Gasteiger partial charge in [-0.25, -0.2) is 4.98 Å². The van der Waals surface area contributed by atoms with Crippen LogP contribution in [-0.4, -0.2) is 14.6 Å². The molecule has 5 heteroatoms. The summed E-state index contributed by atoms with van der Waals surface area (Å²) in [5.41, 5.74) is 1.45. The maximum Gasteiger partial charge on any atom is 0.282 e. The highest BCUT2D eigenvalue weighted by Crippen LogP contribution is 2.24. The van der Waals surface area contributed by atoms with Crippen molar-refractivity contribution in [2.45, 2.75) is 0 Å². The maximum absolute atomic E-state index is 12.5. The molecule has 0 atom stereocenters. The van der Waals surface area contributed by atoms with Crippen molar-refractivity contribution < 1.29 is 5.11 Å². The molecule has 2 aromatic carbocycles. The number of hydrogen-bond donors (Lipinski definition) is 0. The summed E-state index contributed by atoms with van der Waals surface area (Å²) in [6, 6.07) is 17.4. The van der Waals surface area contributed by atoms with Crippen LogP contribution in [-0.2, 0) is 0 Å². The molecular formula is C17H10N3O2-. The van der Waals surface area contributed by atoms with Crippen LogP contribution < -0.4 is 10.7 Å². The Kier molecular flexibility index (Phi) is 2.66. The van der Waals surface area contributed by atoms with Crippen LogP contribution >= 0.6 is 0 Å². The van der Waals surface area contributed by atoms with Crippen LogP contribution in [0, 0.1) is 0 Å². The summed E-state index contributed by atoms with van der Waals surface area (Å²) < 4.78 is 1.19. The largest absolute Gasteiger partial charge is 0.871 e. The predicted octanol–water partition coefficient (Wildman–Crippen LogP) is 1.98. The predicted molar refractivity (Wildman–Crippen MR) is 81.6 cm³/mol. The summed E-state index contributed by atoms with van der Waals surface area (Å²) in [4.78, 5) is 16.9. The van der Waals surface area contributed by atoms with Crippen LogP contribution in [0.5, 0.6) is 5.75 Å². The number of aromatic nitrogens is 3. The molecule has 2 heterocycles. The Balaban J connectivity index is 2.11. The number of fused-ring (bicyclic) bond motifs is 2. The first-order chi connectivity index (χ1) is 10.7. The first kappa shape index (κ1) is 12.5. The first-order valence-electron chi connectivity index (χ1n) is 6.79. The van der Waals surface area contributed by atoms with Crippen LogP contribution in [0.15, 0.2) is 65.5 Å². The van der Waals surface area contributed by atoms with E-state index in [1.807, 2.05) is 18.2 Å². The van der Waals surface area contributed by atoms with Crippen LogP contribution in [0.2, 0.25) is 0 Å². The van der Waals surface area contributed by atoms with Crippen molar-refractivity contribution in [2.75, 3.05) is 0 Å². The molecule has 4 aromatic rings. The number of hydrogen-bond acceptors (Lipinski definition) is 4. The van der Waals surface area contributed by atoms with Crippen molar-refractivity contribution in [3.63, 3.8) is 0 Å². The zero-order chi connectivity index (χ0) is 15.1. The second kappa shape index (κ2) is 4.66. The van der Waals surface area contributed by atoms with E-state index in [-0.39, 0.29) is 22.6 Å². The fourth-order valence-electron chi connectivity index (χ4n) is 2.46. The molecule has 0 fully saturated rings. The monoisotopic (exact) mass is 288 g/mol. The van der Waals surface area contributed by atoms with E-state index in [4.69, 9.17) is 0 Å². The fourth-order valence-corrected chi connectivity index (χ4v) is 2.46. The number of para-hydroxylation sites is 1. The number of benzene rings is 2. The minimum absolute atomic E-state index is 0.243. The molecule has 0 saturated heterocycles. The highest BCUT2D eigenvalue weighted by molar-refractivity contribution is 5.80. The van der Waals surface area contributed by atoms with E-state index < -0.39 is 0 Å². The molecule has 0 radical (unpaired) electrons. The average Bonchev–Trinajstić information content (AvgIpc) is 2.55. The molecular weight excluding hydrogens is 278 g/mol.